The minimum Gasteiger partial charge on any atom is -0.0654 e. The highest BCUT2D eigenvalue weighted by Crippen LogP contribution is 1.98. The van der Waals surface area contributed by atoms with Crippen LogP contribution >= 0.6 is 21.2 Å². The van der Waals surface area contributed by atoms with Crippen molar-refractivity contribution in [1.82, 2.24) is 0 Å². The van der Waals surface area contributed by atoms with Crippen molar-refractivity contribution in [3.8, 4) is 0 Å². The Hall–Kier alpha value is 1.30. The first-order chi connectivity index (χ1) is 3.27. The first kappa shape index (κ1) is 8.30. The molecule has 0 radical (unpaired) electrons. The zero-order valence-corrected chi connectivity index (χ0v) is 8.11. The molecule has 0 aliphatic heterocycles. The normalized spacial score (nSPS) is 14.0. The summed E-state index contributed by atoms with van der Waals surface area (Å²) in [6.45, 7) is 2.43. The standard InChI is InChI=1S/C4H9IS2/c1-2-3-4-7(5)6/h2-4H2,1H3. The van der Waals surface area contributed by atoms with Gasteiger partial charge in [-0.05, 0) is 17.6 Å². The van der Waals surface area contributed by atoms with Crippen molar-refractivity contribution in [1.29, 1.82) is 0 Å². The maximum atomic E-state index is 4.96. The molecular formula is C4H9IS2. The van der Waals surface area contributed by atoms with Crippen molar-refractivity contribution < 1.29 is 0 Å². The van der Waals surface area contributed by atoms with Gasteiger partial charge in [-0.25, -0.2) is 0 Å². The van der Waals surface area contributed by atoms with Crippen LogP contribution in [-0.2, 0) is 17.8 Å². The number of halogens is 1. The second-order valence-electron chi connectivity index (χ2n) is 1.35. The van der Waals surface area contributed by atoms with Crippen molar-refractivity contribution in [2.24, 2.45) is 0 Å². The molecule has 0 aromatic carbocycles. The first-order valence-corrected chi connectivity index (χ1v) is 7.18. The molecule has 0 N–H and O–H groups in total. The van der Waals surface area contributed by atoms with E-state index in [1.165, 1.54) is 18.6 Å². The summed E-state index contributed by atoms with van der Waals surface area (Å²) in [4.78, 5) is 0. The highest BCUT2D eigenvalue weighted by atomic mass is 127. The largest absolute Gasteiger partial charge is 0.0654 e. The summed E-state index contributed by atoms with van der Waals surface area (Å²) in [5, 5.41) is 0. The van der Waals surface area contributed by atoms with Crippen LogP contribution in [0.2, 0.25) is 0 Å². The monoisotopic (exact) mass is 248 g/mol. The van der Waals surface area contributed by atoms with Gasteiger partial charge in [0.15, 0.2) is 0 Å². The Kier molecular flexibility index (Phi) is 6.45. The maximum Gasteiger partial charge on any atom is 0.00740 e. The Morgan fingerprint density at radius 1 is 1.71 bits per heavy atom. The fourth-order valence-corrected chi connectivity index (χ4v) is 2.06. The van der Waals surface area contributed by atoms with Crippen molar-refractivity contribution in [2.45, 2.75) is 19.8 Å². The molecule has 0 aliphatic rings. The van der Waals surface area contributed by atoms with E-state index in [2.05, 4.69) is 28.1 Å². The summed E-state index contributed by atoms with van der Waals surface area (Å²) >= 11 is 7.27. The summed E-state index contributed by atoms with van der Waals surface area (Å²) in [6.07, 6.45) is 2.58. The molecule has 0 bridgehead atoms. The van der Waals surface area contributed by atoms with Gasteiger partial charge in [0.2, 0.25) is 0 Å². The number of rotatable bonds is 3. The molecule has 0 amide bonds. The topological polar surface area (TPSA) is 0 Å². The third kappa shape index (κ3) is 7.30. The molecule has 3 heteroatoms. The molecule has 1 unspecified atom stereocenters. The van der Waals surface area contributed by atoms with Gasteiger partial charge in [-0.1, -0.05) is 20.0 Å². The Bertz CT molecular complexity index is 62.7. The first-order valence-electron chi connectivity index (χ1n) is 2.32. The van der Waals surface area contributed by atoms with E-state index in [0.717, 1.165) is 0 Å². The van der Waals surface area contributed by atoms with Gasteiger partial charge >= 0.3 is 0 Å². The van der Waals surface area contributed by atoms with E-state index in [9.17, 15) is 0 Å². The summed E-state index contributed by atoms with van der Waals surface area (Å²) in [5.41, 5.74) is 0. The molecule has 0 aromatic rings. The summed E-state index contributed by atoms with van der Waals surface area (Å²) in [7, 11) is 0. The van der Waals surface area contributed by atoms with Gasteiger partial charge in [-0.3, -0.25) is 0 Å². The SMILES string of the molecule is CCCCS(=S)I. The van der Waals surface area contributed by atoms with Crippen LogP contribution in [0, 0.1) is 0 Å². The van der Waals surface area contributed by atoms with Crippen LogP contribution < -0.4 is 0 Å². The third-order valence-electron chi connectivity index (χ3n) is 0.658. The van der Waals surface area contributed by atoms with E-state index >= 15 is 0 Å². The molecule has 0 saturated heterocycles. The Morgan fingerprint density at radius 2 is 2.29 bits per heavy atom. The van der Waals surface area contributed by atoms with Crippen LogP contribution in [0.1, 0.15) is 19.8 Å². The van der Waals surface area contributed by atoms with E-state index in [0.29, 0.717) is 0 Å². The van der Waals surface area contributed by atoms with Crippen LogP contribution in [0.15, 0.2) is 0 Å². The molecule has 0 fully saturated rings. The molecule has 0 rings (SSSR count). The van der Waals surface area contributed by atoms with Gasteiger partial charge in [-0.15, -0.1) is 0 Å². The molecule has 7 heavy (non-hydrogen) atoms. The smallest absolute Gasteiger partial charge is 0.00740 e. The molecule has 44 valence electrons. The Morgan fingerprint density at radius 3 is 2.43 bits per heavy atom. The zero-order chi connectivity index (χ0) is 5.70. The van der Waals surface area contributed by atoms with Gasteiger partial charge in [0.05, 0.1) is 0 Å². The molecule has 0 aliphatic carbocycles. The summed E-state index contributed by atoms with van der Waals surface area (Å²) in [5.74, 6) is 1.23. The van der Waals surface area contributed by atoms with Crippen LogP contribution in [0.3, 0.4) is 0 Å². The fraction of sp³-hybridized carbons (Fsp3) is 1.00. The number of unbranched alkanes of at least 4 members (excludes halogenated alkanes) is 1. The van der Waals surface area contributed by atoms with Crippen molar-refractivity contribution in [3.63, 3.8) is 0 Å². The lowest BCUT2D eigenvalue weighted by Gasteiger charge is -1.89. The van der Waals surface area contributed by atoms with E-state index in [-0.39, 0.29) is 6.63 Å². The predicted molar refractivity (Wildman–Crippen MR) is 48.5 cm³/mol. The van der Waals surface area contributed by atoms with E-state index in [1.807, 2.05) is 0 Å². The lowest BCUT2D eigenvalue weighted by Crippen LogP contribution is -1.83. The third-order valence-corrected chi connectivity index (χ3v) is 3.09. The molecular weight excluding hydrogens is 239 g/mol. The van der Waals surface area contributed by atoms with Crippen LogP contribution in [0.4, 0.5) is 0 Å². The van der Waals surface area contributed by atoms with Gasteiger partial charge in [0.25, 0.3) is 0 Å². The van der Waals surface area contributed by atoms with Crippen molar-refractivity contribution in [2.75, 3.05) is 5.75 Å². The molecule has 0 heterocycles. The highest BCUT2D eigenvalue weighted by molar-refractivity contribution is 14.2. The van der Waals surface area contributed by atoms with E-state index < -0.39 is 0 Å². The van der Waals surface area contributed by atoms with Crippen LogP contribution in [0.5, 0.6) is 0 Å². The minimum atomic E-state index is 0.238. The molecule has 0 spiro atoms. The quantitative estimate of drug-likeness (QED) is 0.545. The maximum absolute atomic E-state index is 4.96. The van der Waals surface area contributed by atoms with Crippen molar-refractivity contribution in [3.05, 3.63) is 0 Å². The minimum absolute atomic E-state index is 0.238. The molecule has 1 atom stereocenters. The van der Waals surface area contributed by atoms with Crippen LogP contribution in [0.25, 0.3) is 0 Å². The molecule has 0 aromatic heterocycles. The highest BCUT2D eigenvalue weighted by Gasteiger charge is 1.83. The average molecular weight is 248 g/mol. The zero-order valence-electron chi connectivity index (χ0n) is 4.32. The lowest BCUT2D eigenvalue weighted by atomic mass is 10.4. The second-order valence-corrected chi connectivity index (χ2v) is 8.53. The van der Waals surface area contributed by atoms with E-state index in [4.69, 9.17) is 11.2 Å². The van der Waals surface area contributed by atoms with Gasteiger partial charge in [0.1, 0.15) is 0 Å². The number of hydrogen-bond donors (Lipinski definition) is 0. The fourth-order valence-electron chi connectivity index (χ4n) is 0.258. The van der Waals surface area contributed by atoms with Gasteiger partial charge in [0, 0.05) is 27.0 Å². The van der Waals surface area contributed by atoms with E-state index in [1.54, 1.807) is 0 Å². The lowest BCUT2D eigenvalue weighted by molar-refractivity contribution is 0.898. The average Bonchev–Trinajstić information content (AvgIpc) is 1.61. The summed E-state index contributed by atoms with van der Waals surface area (Å²) in [6, 6.07) is 0. The Labute approximate surface area is 64.2 Å². The molecule has 0 nitrogen and oxygen atoms in total. The Balaban J connectivity index is 2.82. The molecule has 0 saturated carbocycles. The number of hydrogen-bond acceptors (Lipinski definition) is 1. The van der Waals surface area contributed by atoms with Gasteiger partial charge in [-0.2, -0.15) is 0 Å². The second kappa shape index (κ2) is 5.44. The summed E-state index contributed by atoms with van der Waals surface area (Å²) < 4.78 is 0. The predicted octanol–water partition coefficient (Wildman–Crippen LogP) is 2.22. The van der Waals surface area contributed by atoms with Gasteiger partial charge < -0.3 is 0 Å². The van der Waals surface area contributed by atoms with Crippen molar-refractivity contribution >= 4 is 39.0 Å². The van der Waals surface area contributed by atoms with Crippen LogP contribution in [-0.4, -0.2) is 5.75 Å².